The smallest absolute Gasteiger partial charge is 0.191 e. The molecule has 0 aromatic carbocycles. The molecule has 3 nitrogen and oxygen atoms in total. The summed E-state index contributed by atoms with van der Waals surface area (Å²) in [5.74, 6) is 0.763. The van der Waals surface area contributed by atoms with Crippen molar-refractivity contribution in [3.63, 3.8) is 0 Å². The minimum Gasteiger partial charge on any atom is -0.370 e. The van der Waals surface area contributed by atoms with Crippen LogP contribution in [0.25, 0.3) is 0 Å². The molecule has 0 saturated carbocycles. The number of aliphatic imine (C=N–C) groups is 1. The zero-order chi connectivity index (χ0) is 11.3. The number of hydrogen-bond acceptors (Lipinski definition) is 3. The Morgan fingerprint density at radius 1 is 1.20 bits per heavy atom. The fourth-order valence-corrected chi connectivity index (χ4v) is 2.70. The van der Waals surface area contributed by atoms with Gasteiger partial charge >= 0.3 is 0 Å². The van der Waals surface area contributed by atoms with Gasteiger partial charge in [-0.2, -0.15) is 0 Å². The Morgan fingerprint density at radius 2 is 1.80 bits per heavy atom. The number of nitrogens with zero attached hydrogens (tertiary/aromatic N) is 2. The maximum Gasteiger partial charge on any atom is 0.191 e. The lowest BCUT2D eigenvalue weighted by Crippen LogP contribution is -2.51. The molecule has 0 aliphatic carbocycles. The highest BCUT2D eigenvalue weighted by atomic mass is 15.4. The highest BCUT2D eigenvalue weighted by Crippen LogP contribution is 2.31. The fourth-order valence-electron chi connectivity index (χ4n) is 2.70. The zero-order valence-corrected chi connectivity index (χ0v) is 10.4. The van der Waals surface area contributed by atoms with Crippen molar-refractivity contribution in [2.75, 3.05) is 13.1 Å². The van der Waals surface area contributed by atoms with Crippen LogP contribution in [0.15, 0.2) is 4.99 Å². The normalized spacial score (nSPS) is 19.4. The van der Waals surface area contributed by atoms with Gasteiger partial charge in [0.05, 0.1) is 12.1 Å². The topological polar surface area (TPSA) is 41.6 Å². The maximum absolute atomic E-state index is 5.98. The van der Waals surface area contributed by atoms with Crippen molar-refractivity contribution in [2.24, 2.45) is 10.7 Å². The van der Waals surface area contributed by atoms with Crippen molar-refractivity contribution >= 4 is 5.96 Å². The molecule has 0 spiro atoms. The summed E-state index contributed by atoms with van der Waals surface area (Å²) in [6.45, 7) is 8.65. The molecule has 0 unspecified atom stereocenters. The van der Waals surface area contributed by atoms with Crippen LogP contribution in [-0.4, -0.2) is 29.5 Å². The molecule has 88 valence electrons. The highest BCUT2D eigenvalue weighted by Gasteiger charge is 2.39. The van der Waals surface area contributed by atoms with Gasteiger partial charge in [-0.3, -0.25) is 4.99 Å². The first-order chi connectivity index (χ1) is 7.20. The second kappa shape index (κ2) is 5.38. The largest absolute Gasteiger partial charge is 0.370 e. The molecule has 0 aromatic heterocycles. The molecular formula is C12H25N3. The van der Waals surface area contributed by atoms with Gasteiger partial charge in [0.1, 0.15) is 0 Å². The summed E-state index contributed by atoms with van der Waals surface area (Å²) in [4.78, 5) is 6.79. The first-order valence-corrected chi connectivity index (χ1v) is 6.27. The van der Waals surface area contributed by atoms with Crippen molar-refractivity contribution in [3.8, 4) is 0 Å². The first-order valence-electron chi connectivity index (χ1n) is 6.27. The minimum absolute atomic E-state index is 0.240. The predicted molar refractivity (Wildman–Crippen MR) is 66.0 cm³/mol. The van der Waals surface area contributed by atoms with E-state index in [9.17, 15) is 0 Å². The first kappa shape index (κ1) is 12.3. The Kier molecular flexibility index (Phi) is 4.43. The third-order valence-corrected chi connectivity index (χ3v) is 3.26. The van der Waals surface area contributed by atoms with E-state index in [1.54, 1.807) is 0 Å². The zero-order valence-electron chi connectivity index (χ0n) is 10.4. The van der Waals surface area contributed by atoms with Crippen LogP contribution in [0.3, 0.4) is 0 Å². The Labute approximate surface area is 93.7 Å². The number of guanidine groups is 1. The maximum atomic E-state index is 5.98. The molecule has 0 bridgehead atoms. The van der Waals surface area contributed by atoms with E-state index in [2.05, 4.69) is 30.7 Å². The van der Waals surface area contributed by atoms with Crippen molar-refractivity contribution in [2.45, 2.75) is 58.4 Å². The Hall–Kier alpha value is -0.730. The quantitative estimate of drug-likeness (QED) is 0.733. The fraction of sp³-hybridized carbons (Fsp3) is 0.917. The lowest BCUT2D eigenvalue weighted by Gasteiger charge is -2.39. The van der Waals surface area contributed by atoms with Gasteiger partial charge < -0.3 is 10.6 Å². The predicted octanol–water partition coefficient (Wildman–Crippen LogP) is 2.37. The summed E-state index contributed by atoms with van der Waals surface area (Å²) in [6.07, 6.45) is 5.99. The summed E-state index contributed by atoms with van der Waals surface area (Å²) < 4.78 is 0. The van der Waals surface area contributed by atoms with Crippen molar-refractivity contribution in [3.05, 3.63) is 0 Å². The van der Waals surface area contributed by atoms with Gasteiger partial charge in [-0.25, -0.2) is 0 Å². The number of hydrogen-bond donors (Lipinski definition) is 1. The van der Waals surface area contributed by atoms with Gasteiger partial charge in [0.25, 0.3) is 0 Å². The lowest BCUT2D eigenvalue weighted by molar-refractivity contribution is 0.169. The van der Waals surface area contributed by atoms with Crippen LogP contribution in [0.4, 0.5) is 0 Å². The molecule has 1 aliphatic heterocycles. The molecule has 3 heteroatoms. The van der Waals surface area contributed by atoms with Gasteiger partial charge in [-0.1, -0.05) is 33.6 Å². The molecule has 0 atom stereocenters. The second-order valence-corrected chi connectivity index (χ2v) is 4.55. The molecule has 0 aromatic rings. The molecule has 0 amide bonds. The van der Waals surface area contributed by atoms with Gasteiger partial charge in [-0.05, 0) is 19.3 Å². The van der Waals surface area contributed by atoms with Gasteiger partial charge in [0.15, 0.2) is 5.96 Å². The SMILES string of the molecule is CCCN1C(N)=NCC1(CCC)CCC. The third kappa shape index (κ3) is 2.44. The monoisotopic (exact) mass is 211 g/mol. The van der Waals surface area contributed by atoms with Crippen LogP contribution >= 0.6 is 0 Å². The minimum atomic E-state index is 0.240. The van der Waals surface area contributed by atoms with E-state index < -0.39 is 0 Å². The molecule has 1 rings (SSSR count). The summed E-state index contributed by atoms with van der Waals surface area (Å²) in [5, 5.41) is 0. The molecule has 0 radical (unpaired) electrons. The van der Waals surface area contributed by atoms with Gasteiger partial charge in [0, 0.05) is 6.54 Å². The van der Waals surface area contributed by atoms with Crippen molar-refractivity contribution < 1.29 is 0 Å². The van der Waals surface area contributed by atoms with Crippen molar-refractivity contribution in [1.82, 2.24) is 4.90 Å². The highest BCUT2D eigenvalue weighted by molar-refractivity contribution is 5.81. The Balaban J connectivity index is 2.77. The van der Waals surface area contributed by atoms with Crippen LogP contribution in [0.1, 0.15) is 52.9 Å². The van der Waals surface area contributed by atoms with E-state index >= 15 is 0 Å². The standard InChI is InChI=1S/C12H25N3/c1-4-7-12(8-5-2)10-14-11(13)15(12)9-6-3/h4-10H2,1-3H3,(H2,13,14). The van der Waals surface area contributed by atoms with Crippen molar-refractivity contribution in [1.29, 1.82) is 0 Å². The summed E-state index contributed by atoms with van der Waals surface area (Å²) in [7, 11) is 0. The molecule has 15 heavy (non-hydrogen) atoms. The average molecular weight is 211 g/mol. The van der Waals surface area contributed by atoms with E-state index in [-0.39, 0.29) is 5.54 Å². The number of rotatable bonds is 6. The van der Waals surface area contributed by atoms with E-state index in [0.29, 0.717) is 0 Å². The van der Waals surface area contributed by atoms with Gasteiger partial charge in [-0.15, -0.1) is 0 Å². The molecular weight excluding hydrogens is 186 g/mol. The molecule has 2 N–H and O–H groups in total. The number of nitrogens with two attached hydrogens (primary N) is 1. The molecule has 0 saturated heterocycles. The lowest BCUT2D eigenvalue weighted by atomic mass is 9.87. The molecule has 0 fully saturated rings. The second-order valence-electron chi connectivity index (χ2n) is 4.55. The van der Waals surface area contributed by atoms with Crippen LogP contribution in [0, 0.1) is 0 Å². The summed E-state index contributed by atoms with van der Waals surface area (Å²) in [6, 6.07) is 0. The van der Waals surface area contributed by atoms with Crippen LogP contribution < -0.4 is 5.73 Å². The van der Waals surface area contributed by atoms with Crippen LogP contribution in [0.5, 0.6) is 0 Å². The van der Waals surface area contributed by atoms with Crippen LogP contribution in [0.2, 0.25) is 0 Å². The summed E-state index contributed by atoms with van der Waals surface area (Å²) >= 11 is 0. The van der Waals surface area contributed by atoms with Gasteiger partial charge in [0.2, 0.25) is 0 Å². The summed E-state index contributed by atoms with van der Waals surface area (Å²) in [5.41, 5.74) is 6.22. The van der Waals surface area contributed by atoms with E-state index in [0.717, 1.165) is 25.5 Å². The Bertz CT molecular complexity index is 217. The van der Waals surface area contributed by atoms with E-state index in [1.807, 2.05) is 0 Å². The third-order valence-electron chi connectivity index (χ3n) is 3.26. The molecule has 1 heterocycles. The average Bonchev–Trinajstić information content (AvgIpc) is 2.49. The molecule has 1 aliphatic rings. The van der Waals surface area contributed by atoms with E-state index in [1.165, 1.54) is 25.7 Å². The van der Waals surface area contributed by atoms with E-state index in [4.69, 9.17) is 5.73 Å². The Morgan fingerprint density at radius 3 is 2.27 bits per heavy atom. The van der Waals surface area contributed by atoms with Crippen LogP contribution in [-0.2, 0) is 0 Å².